The highest BCUT2D eigenvalue weighted by molar-refractivity contribution is 6.31. The molecule has 2 aromatic carbocycles. The maximum Gasteiger partial charge on any atom is 0.254 e. The zero-order valence-corrected chi connectivity index (χ0v) is 21.6. The van der Waals surface area contributed by atoms with Gasteiger partial charge in [-0.05, 0) is 43.2 Å². The number of aryl methyl sites for hydroxylation is 1. The van der Waals surface area contributed by atoms with Gasteiger partial charge in [-0.1, -0.05) is 54.6 Å². The SMILES string of the molecule is C=CN(/C=C\C)c1cc(C)nc2c(OCc3c(Cl)cncc3CN3Cc4ccccc4C3=O)cccc12. The first-order valence-electron chi connectivity index (χ1n) is 12.1. The summed E-state index contributed by atoms with van der Waals surface area (Å²) in [6.07, 6.45) is 9.04. The fraction of sp³-hybridized carbons (Fsp3) is 0.167. The number of hydrogen-bond acceptors (Lipinski definition) is 5. The lowest BCUT2D eigenvalue weighted by atomic mass is 10.1. The molecule has 0 saturated heterocycles. The first-order valence-corrected chi connectivity index (χ1v) is 12.4. The molecule has 37 heavy (non-hydrogen) atoms. The number of carbonyl (C=O) groups is 1. The maximum absolute atomic E-state index is 12.9. The molecular weight excluding hydrogens is 484 g/mol. The monoisotopic (exact) mass is 510 g/mol. The highest BCUT2D eigenvalue weighted by Gasteiger charge is 2.27. The van der Waals surface area contributed by atoms with Gasteiger partial charge in [0.1, 0.15) is 17.9 Å². The summed E-state index contributed by atoms with van der Waals surface area (Å²) in [6.45, 7) is 9.04. The van der Waals surface area contributed by atoms with Gasteiger partial charge in [-0.15, -0.1) is 0 Å². The molecule has 1 aliphatic heterocycles. The van der Waals surface area contributed by atoms with E-state index in [9.17, 15) is 4.79 Å². The second-order valence-electron chi connectivity index (χ2n) is 8.87. The first kappa shape index (κ1) is 24.5. The van der Waals surface area contributed by atoms with Crippen molar-refractivity contribution in [1.29, 1.82) is 0 Å². The minimum atomic E-state index is 0.0107. The zero-order valence-electron chi connectivity index (χ0n) is 20.8. The highest BCUT2D eigenvalue weighted by Crippen LogP contribution is 2.34. The largest absolute Gasteiger partial charge is 0.487 e. The normalized spacial score (nSPS) is 12.8. The van der Waals surface area contributed by atoms with Crippen LogP contribution in [-0.2, 0) is 19.7 Å². The number of allylic oxidation sites excluding steroid dienone is 1. The third-order valence-corrected chi connectivity index (χ3v) is 6.74. The Hall–Kier alpha value is -4.16. The van der Waals surface area contributed by atoms with Crippen LogP contribution in [0.4, 0.5) is 5.69 Å². The van der Waals surface area contributed by atoms with Gasteiger partial charge in [0.25, 0.3) is 5.91 Å². The van der Waals surface area contributed by atoms with Crippen molar-refractivity contribution in [3.63, 3.8) is 0 Å². The molecule has 0 atom stereocenters. The van der Waals surface area contributed by atoms with E-state index in [-0.39, 0.29) is 12.5 Å². The summed E-state index contributed by atoms with van der Waals surface area (Å²) in [4.78, 5) is 25.8. The predicted octanol–water partition coefficient (Wildman–Crippen LogP) is 6.81. The van der Waals surface area contributed by atoms with Crippen molar-refractivity contribution in [2.24, 2.45) is 0 Å². The van der Waals surface area contributed by atoms with E-state index >= 15 is 0 Å². The molecule has 1 amide bonds. The molecule has 6 nitrogen and oxygen atoms in total. The number of pyridine rings is 2. The number of halogens is 1. The van der Waals surface area contributed by atoms with Gasteiger partial charge < -0.3 is 14.5 Å². The number of para-hydroxylation sites is 1. The Morgan fingerprint density at radius 2 is 2.03 bits per heavy atom. The number of hydrogen-bond donors (Lipinski definition) is 0. The molecule has 0 bridgehead atoms. The van der Waals surface area contributed by atoms with Crippen LogP contribution in [0.2, 0.25) is 5.02 Å². The highest BCUT2D eigenvalue weighted by atomic mass is 35.5. The van der Waals surface area contributed by atoms with Crippen LogP contribution < -0.4 is 9.64 Å². The van der Waals surface area contributed by atoms with Crippen molar-refractivity contribution in [2.45, 2.75) is 33.5 Å². The molecule has 0 unspecified atom stereocenters. The van der Waals surface area contributed by atoms with Gasteiger partial charge in [0.05, 0.1) is 10.7 Å². The summed E-state index contributed by atoms with van der Waals surface area (Å²) in [7, 11) is 0. The van der Waals surface area contributed by atoms with Crippen molar-refractivity contribution in [2.75, 3.05) is 4.90 Å². The Morgan fingerprint density at radius 1 is 1.19 bits per heavy atom. The molecule has 7 heteroatoms. The summed E-state index contributed by atoms with van der Waals surface area (Å²) in [6, 6.07) is 15.6. The van der Waals surface area contributed by atoms with Gasteiger partial charge in [-0.25, -0.2) is 4.98 Å². The van der Waals surface area contributed by atoms with Gasteiger partial charge in [-0.3, -0.25) is 9.78 Å². The molecule has 0 radical (unpaired) electrons. The molecule has 0 aliphatic carbocycles. The van der Waals surface area contributed by atoms with Gasteiger partial charge in [-0.2, -0.15) is 0 Å². The number of anilines is 1. The summed E-state index contributed by atoms with van der Waals surface area (Å²) >= 11 is 6.58. The molecule has 0 spiro atoms. The second kappa shape index (κ2) is 10.4. The van der Waals surface area contributed by atoms with E-state index in [1.807, 2.05) is 84.5 Å². The third-order valence-electron chi connectivity index (χ3n) is 6.42. The van der Waals surface area contributed by atoms with Crippen LogP contribution in [0.5, 0.6) is 5.75 Å². The Bertz CT molecular complexity index is 1530. The number of carbonyl (C=O) groups excluding carboxylic acids is 1. The summed E-state index contributed by atoms with van der Waals surface area (Å²) in [5, 5.41) is 1.44. The smallest absolute Gasteiger partial charge is 0.254 e. The molecule has 0 fully saturated rings. The van der Waals surface area contributed by atoms with Gasteiger partial charge in [0.15, 0.2) is 0 Å². The first-order chi connectivity index (χ1) is 18.0. The average Bonchev–Trinajstić information content (AvgIpc) is 3.21. The van der Waals surface area contributed by atoms with Gasteiger partial charge in [0, 0.05) is 60.1 Å². The molecule has 0 N–H and O–H groups in total. The number of amides is 1. The lowest BCUT2D eigenvalue weighted by molar-refractivity contribution is 0.0765. The van der Waals surface area contributed by atoms with Crippen LogP contribution in [0.15, 0.2) is 86.0 Å². The van der Waals surface area contributed by atoms with Crippen LogP contribution >= 0.6 is 11.6 Å². The minimum absolute atomic E-state index is 0.0107. The van der Waals surface area contributed by atoms with Crippen LogP contribution in [-0.4, -0.2) is 20.8 Å². The average molecular weight is 511 g/mol. The van der Waals surface area contributed by atoms with E-state index in [4.69, 9.17) is 21.3 Å². The van der Waals surface area contributed by atoms with Crippen LogP contribution in [0, 0.1) is 6.92 Å². The van der Waals surface area contributed by atoms with E-state index in [0.29, 0.717) is 23.9 Å². The molecular formula is C30H27ClN4O2. The van der Waals surface area contributed by atoms with Crippen molar-refractivity contribution in [3.8, 4) is 5.75 Å². The quantitative estimate of drug-likeness (QED) is 0.260. The van der Waals surface area contributed by atoms with E-state index in [1.54, 1.807) is 18.6 Å². The zero-order chi connectivity index (χ0) is 25.9. The molecule has 0 saturated carbocycles. The molecule has 3 heterocycles. The molecule has 186 valence electrons. The lowest BCUT2D eigenvalue weighted by Gasteiger charge is -2.20. The standard InChI is InChI=1S/C30H27ClN4O2/c1-4-13-34(5-2)27-14-20(3)33-29-24(27)11-8-12-28(29)37-19-25-22(15-32-16-26(25)31)18-35-17-21-9-6-7-10-23(21)30(35)36/h4-16H,2,17-19H2,1,3H3/b13-4-. The Balaban J connectivity index is 1.44. The fourth-order valence-corrected chi connectivity index (χ4v) is 4.89. The number of fused-ring (bicyclic) bond motifs is 2. The van der Waals surface area contributed by atoms with Gasteiger partial charge >= 0.3 is 0 Å². The predicted molar refractivity (Wildman–Crippen MR) is 148 cm³/mol. The molecule has 4 aromatic rings. The van der Waals surface area contributed by atoms with Crippen LogP contribution in [0.1, 0.15) is 39.7 Å². The van der Waals surface area contributed by atoms with Crippen molar-refractivity contribution >= 4 is 34.1 Å². The van der Waals surface area contributed by atoms with Crippen molar-refractivity contribution < 1.29 is 9.53 Å². The number of rotatable bonds is 8. The van der Waals surface area contributed by atoms with Crippen LogP contribution in [0.3, 0.4) is 0 Å². The topological polar surface area (TPSA) is 58.6 Å². The Kier molecular flexibility index (Phi) is 6.93. The number of benzene rings is 2. The Morgan fingerprint density at radius 3 is 2.81 bits per heavy atom. The van der Waals surface area contributed by atoms with Gasteiger partial charge in [0.2, 0.25) is 0 Å². The summed E-state index contributed by atoms with van der Waals surface area (Å²) < 4.78 is 6.32. The molecule has 2 aromatic heterocycles. The molecule has 5 rings (SSSR count). The summed E-state index contributed by atoms with van der Waals surface area (Å²) in [5.74, 6) is 0.659. The van der Waals surface area contributed by atoms with E-state index in [0.717, 1.165) is 44.5 Å². The minimum Gasteiger partial charge on any atom is -0.487 e. The lowest BCUT2D eigenvalue weighted by Crippen LogP contribution is -2.24. The number of ether oxygens (including phenoxy) is 1. The van der Waals surface area contributed by atoms with E-state index in [2.05, 4.69) is 11.6 Å². The second-order valence-corrected chi connectivity index (χ2v) is 9.28. The van der Waals surface area contributed by atoms with Crippen molar-refractivity contribution in [1.82, 2.24) is 14.9 Å². The van der Waals surface area contributed by atoms with E-state index in [1.165, 1.54) is 0 Å². The van der Waals surface area contributed by atoms with Crippen molar-refractivity contribution in [3.05, 3.63) is 119 Å². The summed E-state index contributed by atoms with van der Waals surface area (Å²) in [5.41, 5.74) is 6.01. The molecule has 1 aliphatic rings. The maximum atomic E-state index is 12.9. The fourth-order valence-electron chi connectivity index (χ4n) is 4.66. The third kappa shape index (κ3) is 4.80. The number of aromatic nitrogens is 2. The van der Waals surface area contributed by atoms with E-state index < -0.39 is 0 Å². The Labute approximate surface area is 221 Å². The van der Waals surface area contributed by atoms with Crippen LogP contribution in [0.25, 0.3) is 10.9 Å². The number of nitrogens with zero attached hydrogens (tertiary/aromatic N) is 4.